The van der Waals surface area contributed by atoms with Gasteiger partial charge in [0.05, 0.1) is 17.3 Å². The highest BCUT2D eigenvalue weighted by Crippen LogP contribution is 2.28. The number of aliphatic hydroxyl groups excluding tert-OH is 1. The Morgan fingerprint density at radius 1 is 1.29 bits per heavy atom. The molecule has 1 fully saturated rings. The Labute approximate surface area is 122 Å². The highest BCUT2D eigenvalue weighted by atomic mass is 16.3. The predicted octanol–water partition coefficient (Wildman–Crippen LogP) is 2.15. The van der Waals surface area contributed by atoms with E-state index in [0.717, 1.165) is 47.4 Å². The highest BCUT2D eigenvalue weighted by molar-refractivity contribution is 5.91. The number of benzene rings is 1. The molecule has 0 unspecified atom stereocenters. The largest absolute Gasteiger partial charge is 0.391 e. The number of hydrogen-bond donors (Lipinski definition) is 1. The van der Waals surface area contributed by atoms with Crippen molar-refractivity contribution < 1.29 is 5.11 Å². The van der Waals surface area contributed by atoms with Gasteiger partial charge in [-0.1, -0.05) is 12.1 Å². The third-order valence-electron chi connectivity index (χ3n) is 4.10. The lowest BCUT2D eigenvalue weighted by Gasteiger charge is -2.31. The second kappa shape index (κ2) is 4.70. The molecular weight excluding hydrogens is 264 g/mol. The lowest BCUT2D eigenvalue weighted by molar-refractivity contribution is 0.154. The van der Waals surface area contributed by atoms with Crippen LogP contribution in [-0.4, -0.2) is 38.9 Å². The van der Waals surface area contributed by atoms with Crippen molar-refractivity contribution in [2.45, 2.75) is 25.9 Å². The SMILES string of the molecule is Cc1cc2nc(N3CCC[C@@H](O)C3)c3ccccc3n2n1. The molecule has 1 N–H and O–H groups in total. The van der Waals surface area contributed by atoms with Crippen molar-refractivity contribution in [1.82, 2.24) is 14.6 Å². The number of aryl methyl sites for hydroxylation is 1. The fourth-order valence-corrected chi connectivity index (χ4v) is 3.15. The van der Waals surface area contributed by atoms with Crippen LogP contribution in [0.3, 0.4) is 0 Å². The Hall–Kier alpha value is -2.14. The van der Waals surface area contributed by atoms with Gasteiger partial charge < -0.3 is 10.0 Å². The van der Waals surface area contributed by atoms with E-state index in [9.17, 15) is 5.11 Å². The number of piperidine rings is 1. The summed E-state index contributed by atoms with van der Waals surface area (Å²) in [5, 5.41) is 15.6. The molecule has 1 aromatic carbocycles. The summed E-state index contributed by atoms with van der Waals surface area (Å²) in [6, 6.07) is 10.2. The van der Waals surface area contributed by atoms with Gasteiger partial charge in [-0.2, -0.15) is 5.10 Å². The van der Waals surface area contributed by atoms with E-state index in [1.807, 2.05) is 29.6 Å². The second-order valence-corrected chi connectivity index (χ2v) is 5.75. The molecule has 1 atom stereocenters. The van der Waals surface area contributed by atoms with Crippen LogP contribution in [0, 0.1) is 6.92 Å². The van der Waals surface area contributed by atoms with Gasteiger partial charge in [-0.3, -0.25) is 0 Å². The van der Waals surface area contributed by atoms with Gasteiger partial charge in [0.25, 0.3) is 0 Å². The molecule has 21 heavy (non-hydrogen) atoms. The number of rotatable bonds is 1. The second-order valence-electron chi connectivity index (χ2n) is 5.75. The van der Waals surface area contributed by atoms with Crippen molar-refractivity contribution in [3.05, 3.63) is 36.0 Å². The number of anilines is 1. The lowest BCUT2D eigenvalue weighted by atomic mass is 10.1. The van der Waals surface area contributed by atoms with Crippen molar-refractivity contribution in [3.8, 4) is 0 Å². The average molecular weight is 282 g/mol. The molecule has 3 aromatic rings. The fraction of sp³-hybridized carbons (Fsp3) is 0.375. The minimum atomic E-state index is -0.262. The van der Waals surface area contributed by atoms with E-state index >= 15 is 0 Å². The van der Waals surface area contributed by atoms with E-state index in [0.29, 0.717) is 6.54 Å². The van der Waals surface area contributed by atoms with Crippen LogP contribution in [0.4, 0.5) is 5.82 Å². The summed E-state index contributed by atoms with van der Waals surface area (Å²) in [7, 11) is 0. The number of β-amino-alcohol motifs (C(OH)–C–C–N with tert-alkyl or cyclic N) is 1. The number of nitrogens with zero attached hydrogens (tertiary/aromatic N) is 4. The van der Waals surface area contributed by atoms with Gasteiger partial charge in [0.15, 0.2) is 5.65 Å². The maximum Gasteiger partial charge on any atom is 0.158 e. The van der Waals surface area contributed by atoms with E-state index in [2.05, 4.69) is 22.1 Å². The topological polar surface area (TPSA) is 53.7 Å². The molecule has 0 amide bonds. The van der Waals surface area contributed by atoms with Crippen molar-refractivity contribution in [3.63, 3.8) is 0 Å². The molecule has 3 heterocycles. The standard InChI is InChI=1S/C16H18N4O/c1-11-9-15-17-16(19-8-4-5-12(21)10-19)13-6-2-3-7-14(13)20(15)18-11/h2-3,6-7,9,12,21H,4-5,8,10H2,1H3/t12-/m1/s1. The maximum atomic E-state index is 9.94. The van der Waals surface area contributed by atoms with Crippen LogP contribution in [-0.2, 0) is 0 Å². The van der Waals surface area contributed by atoms with E-state index < -0.39 is 0 Å². The minimum absolute atomic E-state index is 0.262. The Balaban J connectivity index is 1.97. The number of hydrogen-bond acceptors (Lipinski definition) is 4. The molecule has 0 spiro atoms. The fourth-order valence-electron chi connectivity index (χ4n) is 3.15. The van der Waals surface area contributed by atoms with Crippen molar-refractivity contribution in [1.29, 1.82) is 0 Å². The molecular formula is C16H18N4O. The van der Waals surface area contributed by atoms with Crippen molar-refractivity contribution >= 4 is 22.4 Å². The van der Waals surface area contributed by atoms with Gasteiger partial charge in [-0.15, -0.1) is 0 Å². The zero-order valence-corrected chi connectivity index (χ0v) is 12.0. The summed E-state index contributed by atoms with van der Waals surface area (Å²) in [6.07, 6.45) is 1.62. The van der Waals surface area contributed by atoms with Gasteiger partial charge in [0, 0.05) is 24.5 Å². The van der Waals surface area contributed by atoms with E-state index in [1.54, 1.807) is 0 Å². The predicted molar refractivity (Wildman–Crippen MR) is 82.7 cm³/mol. The van der Waals surface area contributed by atoms with Crippen LogP contribution in [0.25, 0.3) is 16.6 Å². The molecule has 1 aliphatic heterocycles. The summed E-state index contributed by atoms with van der Waals surface area (Å²) in [4.78, 5) is 6.99. The molecule has 0 saturated carbocycles. The first-order chi connectivity index (χ1) is 10.2. The van der Waals surface area contributed by atoms with E-state index in [1.165, 1.54) is 0 Å². The maximum absolute atomic E-state index is 9.94. The number of aliphatic hydroxyl groups is 1. The van der Waals surface area contributed by atoms with Gasteiger partial charge in [-0.25, -0.2) is 9.50 Å². The Kier molecular flexibility index (Phi) is 2.82. The summed E-state index contributed by atoms with van der Waals surface area (Å²) < 4.78 is 1.90. The van der Waals surface area contributed by atoms with Crippen LogP contribution in [0.1, 0.15) is 18.5 Å². The molecule has 2 aromatic heterocycles. The first kappa shape index (κ1) is 12.6. The zero-order chi connectivity index (χ0) is 14.4. The Bertz CT molecular complexity index is 810. The third kappa shape index (κ3) is 2.05. The van der Waals surface area contributed by atoms with E-state index in [4.69, 9.17) is 4.98 Å². The molecule has 1 saturated heterocycles. The summed E-state index contributed by atoms with van der Waals surface area (Å²) >= 11 is 0. The molecule has 0 radical (unpaired) electrons. The van der Waals surface area contributed by atoms with Crippen LogP contribution in [0.5, 0.6) is 0 Å². The zero-order valence-electron chi connectivity index (χ0n) is 12.0. The summed E-state index contributed by atoms with van der Waals surface area (Å²) in [5.74, 6) is 0.955. The number of para-hydroxylation sites is 1. The van der Waals surface area contributed by atoms with Crippen LogP contribution in [0.2, 0.25) is 0 Å². The average Bonchev–Trinajstić information content (AvgIpc) is 2.87. The molecule has 5 nitrogen and oxygen atoms in total. The van der Waals surface area contributed by atoms with Gasteiger partial charge in [-0.05, 0) is 31.9 Å². The monoisotopic (exact) mass is 282 g/mol. The Morgan fingerprint density at radius 2 is 2.14 bits per heavy atom. The molecule has 108 valence electrons. The number of fused-ring (bicyclic) bond motifs is 3. The normalized spacial score (nSPS) is 19.5. The van der Waals surface area contributed by atoms with Gasteiger partial charge >= 0.3 is 0 Å². The lowest BCUT2D eigenvalue weighted by Crippen LogP contribution is -2.38. The molecule has 0 bridgehead atoms. The molecule has 0 aliphatic carbocycles. The summed E-state index contributed by atoms with van der Waals surface area (Å²) in [6.45, 7) is 3.57. The van der Waals surface area contributed by atoms with Crippen molar-refractivity contribution in [2.24, 2.45) is 0 Å². The van der Waals surface area contributed by atoms with Gasteiger partial charge in [0.1, 0.15) is 5.82 Å². The number of aromatic nitrogens is 3. The van der Waals surface area contributed by atoms with E-state index in [-0.39, 0.29) is 6.10 Å². The smallest absolute Gasteiger partial charge is 0.158 e. The Morgan fingerprint density at radius 3 is 3.00 bits per heavy atom. The van der Waals surface area contributed by atoms with Crippen molar-refractivity contribution in [2.75, 3.05) is 18.0 Å². The minimum Gasteiger partial charge on any atom is -0.391 e. The molecule has 4 rings (SSSR count). The van der Waals surface area contributed by atoms with Crippen LogP contribution < -0.4 is 4.90 Å². The highest BCUT2D eigenvalue weighted by Gasteiger charge is 2.21. The van der Waals surface area contributed by atoms with Crippen LogP contribution >= 0.6 is 0 Å². The first-order valence-corrected chi connectivity index (χ1v) is 7.40. The quantitative estimate of drug-likeness (QED) is 0.743. The molecule has 1 aliphatic rings. The van der Waals surface area contributed by atoms with Gasteiger partial charge in [0.2, 0.25) is 0 Å². The van der Waals surface area contributed by atoms with Crippen LogP contribution in [0.15, 0.2) is 30.3 Å². The third-order valence-corrected chi connectivity index (χ3v) is 4.10. The molecule has 5 heteroatoms. The first-order valence-electron chi connectivity index (χ1n) is 7.40. The summed E-state index contributed by atoms with van der Waals surface area (Å²) in [5.41, 5.74) is 2.88.